The molecule has 1 nitrogen and oxygen atoms in total. The molecule has 0 heterocycles. The third-order valence-electron chi connectivity index (χ3n) is 2.16. The van der Waals surface area contributed by atoms with Crippen molar-refractivity contribution in [1.82, 2.24) is 0 Å². The summed E-state index contributed by atoms with van der Waals surface area (Å²) >= 11 is 5.83. The zero-order valence-electron chi connectivity index (χ0n) is 8.60. The monoisotopic (exact) mass is 208 g/mol. The summed E-state index contributed by atoms with van der Waals surface area (Å²) in [7, 11) is 0. The minimum atomic E-state index is 0.0966. The Bertz CT molecular complexity index is 391. The smallest absolute Gasteiger partial charge is 0.155 e. The molecule has 0 aliphatic rings. The zero-order chi connectivity index (χ0) is 10.7. The van der Waals surface area contributed by atoms with Crippen LogP contribution in [0.5, 0.6) is 0 Å². The van der Waals surface area contributed by atoms with Gasteiger partial charge in [0.15, 0.2) is 5.78 Å². The third kappa shape index (κ3) is 2.71. The summed E-state index contributed by atoms with van der Waals surface area (Å²) in [4.78, 5) is 11.0. The summed E-state index contributed by atoms with van der Waals surface area (Å²) in [6, 6.07) is 5.64. The normalized spacial score (nSPS) is 11.6. The summed E-state index contributed by atoms with van der Waals surface area (Å²) in [6.07, 6.45) is 1.88. The molecule has 2 heteroatoms. The Morgan fingerprint density at radius 3 is 2.50 bits per heavy atom. The fourth-order valence-corrected chi connectivity index (χ4v) is 1.36. The van der Waals surface area contributed by atoms with Gasteiger partial charge in [-0.05, 0) is 55.7 Å². The first-order valence-electron chi connectivity index (χ1n) is 4.46. The van der Waals surface area contributed by atoms with Gasteiger partial charge < -0.3 is 0 Å². The average molecular weight is 209 g/mol. The van der Waals surface area contributed by atoms with Crippen molar-refractivity contribution in [3.8, 4) is 0 Å². The number of halogens is 1. The van der Waals surface area contributed by atoms with Crippen LogP contribution in [0.4, 0.5) is 0 Å². The fraction of sp³-hybridized carbons (Fsp3) is 0.250. The van der Waals surface area contributed by atoms with Crippen molar-refractivity contribution in [2.24, 2.45) is 0 Å². The van der Waals surface area contributed by atoms with Crippen molar-refractivity contribution >= 4 is 23.5 Å². The number of benzene rings is 1. The lowest BCUT2D eigenvalue weighted by atomic mass is 10.0. The van der Waals surface area contributed by atoms with Gasteiger partial charge in [-0.2, -0.15) is 0 Å². The second-order valence-electron chi connectivity index (χ2n) is 3.38. The van der Waals surface area contributed by atoms with Gasteiger partial charge in [0, 0.05) is 5.02 Å². The highest BCUT2D eigenvalue weighted by atomic mass is 35.5. The summed E-state index contributed by atoms with van der Waals surface area (Å²) in [5, 5.41) is 0.722. The number of hydrogen-bond donors (Lipinski definition) is 0. The van der Waals surface area contributed by atoms with E-state index in [0.717, 1.165) is 21.7 Å². The molecule has 0 aliphatic heterocycles. The van der Waals surface area contributed by atoms with Gasteiger partial charge in [0.25, 0.3) is 0 Å². The highest BCUT2D eigenvalue weighted by molar-refractivity contribution is 6.30. The molecule has 0 N–H and O–H groups in total. The molecular weight excluding hydrogens is 196 g/mol. The van der Waals surface area contributed by atoms with E-state index in [2.05, 4.69) is 0 Å². The van der Waals surface area contributed by atoms with Gasteiger partial charge in [0.1, 0.15) is 0 Å². The van der Waals surface area contributed by atoms with Crippen molar-refractivity contribution < 1.29 is 4.79 Å². The van der Waals surface area contributed by atoms with Crippen LogP contribution in [-0.2, 0) is 4.79 Å². The lowest BCUT2D eigenvalue weighted by molar-refractivity contribution is -0.113. The molecule has 14 heavy (non-hydrogen) atoms. The topological polar surface area (TPSA) is 17.1 Å². The van der Waals surface area contributed by atoms with Gasteiger partial charge in [-0.3, -0.25) is 4.79 Å². The minimum Gasteiger partial charge on any atom is -0.295 e. The average Bonchev–Trinajstić information content (AvgIpc) is 2.09. The zero-order valence-corrected chi connectivity index (χ0v) is 9.35. The molecule has 0 aliphatic carbocycles. The highest BCUT2D eigenvalue weighted by Gasteiger charge is 1.99. The van der Waals surface area contributed by atoms with E-state index in [1.165, 1.54) is 0 Å². The predicted octanol–water partition coefficient (Wildman–Crippen LogP) is 3.64. The van der Waals surface area contributed by atoms with Crippen LogP contribution in [0.25, 0.3) is 6.08 Å². The number of rotatable bonds is 2. The fourth-order valence-electron chi connectivity index (χ4n) is 1.14. The maximum absolute atomic E-state index is 11.0. The van der Waals surface area contributed by atoms with Crippen LogP contribution in [-0.4, -0.2) is 5.78 Å². The first-order valence-corrected chi connectivity index (χ1v) is 4.84. The molecule has 0 atom stereocenters. The molecule has 0 fully saturated rings. The molecule has 1 aromatic carbocycles. The SMILES string of the molecule is CC(=O)/C(C)=C/c1ccc(Cl)cc1C. The van der Waals surface area contributed by atoms with Crippen molar-refractivity contribution in [1.29, 1.82) is 0 Å². The molecule has 0 aromatic heterocycles. The van der Waals surface area contributed by atoms with E-state index >= 15 is 0 Å². The van der Waals surface area contributed by atoms with E-state index < -0.39 is 0 Å². The van der Waals surface area contributed by atoms with Crippen molar-refractivity contribution in [2.45, 2.75) is 20.8 Å². The van der Waals surface area contributed by atoms with E-state index in [9.17, 15) is 4.79 Å². The second kappa shape index (κ2) is 4.43. The molecular formula is C12H13ClO. The molecule has 0 spiro atoms. The van der Waals surface area contributed by atoms with Gasteiger partial charge in [-0.25, -0.2) is 0 Å². The molecule has 0 saturated heterocycles. The minimum absolute atomic E-state index is 0.0966. The van der Waals surface area contributed by atoms with Gasteiger partial charge >= 0.3 is 0 Å². The number of ketones is 1. The molecule has 0 amide bonds. The van der Waals surface area contributed by atoms with Gasteiger partial charge in [0.05, 0.1) is 0 Å². The lowest BCUT2D eigenvalue weighted by Gasteiger charge is -2.02. The van der Waals surface area contributed by atoms with Gasteiger partial charge in [-0.15, -0.1) is 0 Å². The van der Waals surface area contributed by atoms with Crippen molar-refractivity contribution in [3.63, 3.8) is 0 Å². The van der Waals surface area contributed by atoms with E-state index in [-0.39, 0.29) is 5.78 Å². The van der Waals surface area contributed by atoms with Gasteiger partial charge in [-0.1, -0.05) is 17.7 Å². The van der Waals surface area contributed by atoms with Crippen LogP contribution in [0, 0.1) is 6.92 Å². The Morgan fingerprint density at radius 2 is 2.00 bits per heavy atom. The standard InChI is InChI=1S/C12H13ClO/c1-8(10(3)14)6-11-4-5-12(13)7-9(11)2/h4-7H,1-3H3/b8-6+. The number of aryl methyl sites for hydroxylation is 1. The maximum atomic E-state index is 11.0. The van der Waals surface area contributed by atoms with Crippen LogP contribution in [0.3, 0.4) is 0 Å². The highest BCUT2D eigenvalue weighted by Crippen LogP contribution is 2.17. The van der Waals surface area contributed by atoms with Crippen LogP contribution in [0.2, 0.25) is 5.02 Å². The molecule has 1 aromatic rings. The first kappa shape index (κ1) is 11.0. The molecule has 74 valence electrons. The predicted molar refractivity (Wildman–Crippen MR) is 60.5 cm³/mol. The Hall–Kier alpha value is -1.08. The first-order chi connectivity index (χ1) is 6.50. The maximum Gasteiger partial charge on any atom is 0.155 e. The third-order valence-corrected chi connectivity index (χ3v) is 2.39. The van der Waals surface area contributed by atoms with Crippen molar-refractivity contribution in [3.05, 3.63) is 39.9 Å². The number of carbonyl (C=O) groups is 1. The Kier molecular flexibility index (Phi) is 3.48. The molecule has 0 saturated carbocycles. The van der Waals surface area contributed by atoms with Gasteiger partial charge in [0.2, 0.25) is 0 Å². The Morgan fingerprint density at radius 1 is 1.36 bits per heavy atom. The van der Waals surface area contributed by atoms with Crippen LogP contribution < -0.4 is 0 Å². The number of carbonyl (C=O) groups excluding carboxylic acids is 1. The second-order valence-corrected chi connectivity index (χ2v) is 3.82. The van der Waals surface area contributed by atoms with E-state index in [1.807, 2.05) is 38.1 Å². The lowest BCUT2D eigenvalue weighted by Crippen LogP contribution is -1.91. The Labute approximate surface area is 89.4 Å². The van der Waals surface area contributed by atoms with E-state index in [1.54, 1.807) is 6.92 Å². The summed E-state index contributed by atoms with van der Waals surface area (Å²) in [5.74, 6) is 0.0966. The van der Waals surface area contributed by atoms with Crippen LogP contribution >= 0.6 is 11.6 Å². The number of hydrogen-bond acceptors (Lipinski definition) is 1. The molecule has 0 unspecified atom stereocenters. The molecule has 1 rings (SSSR count). The molecule has 0 radical (unpaired) electrons. The number of allylic oxidation sites excluding steroid dienone is 1. The van der Waals surface area contributed by atoms with Crippen molar-refractivity contribution in [2.75, 3.05) is 0 Å². The number of Topliss-reactive ketones (excluding diaryl/α,β-unsaturated/α-hetero) is 1. The summed E-state index contributed by atoms with van der Waals surface area (Å²) in [5.41, 5.74) is 2.88. The largest absolute Gasteiger partial charge is 0.295 e. The quantitative estimate of drug-likeness (QED) is 0.679. The van der Waals surface area contributed by atoms with Crippen LogP contribution in [0.15, 0.2) is 23.8 Å². The summed E-state index contributed by atoms with van der Waals surface area (Å²) < 4.78 is 0. The summed E-state index contributed by atoms with van der Waals surface area (Å²) in [6.45, 7) is 5.36. The van der Waals surface area contributed by atoms with Crippen LogP contribution in [0.1, 0.15) is 25.0 Å². The van der Waals surface area contributed by atoms with E-state index in [4.69, 9.17) is 11.6 Å². The van der Waals surface area contributed by atoms with E-state index in [0.29, 0.717) is 0 Å². The Balaban J connectivity index is 3.09. The molecule has 0 bridgehead atoms.